The Labute approximate surface area is 187 Å². The van der Waals surface area contributed by atoms with E-state index in [1.54, 1.807) is 24.0 Å². The van der Waals surface area contributed by atoms with Crippen molar-refractivity contribution >= 4 is 23.3 Å². The van der Waals surface area contributed by atoms with Gasteiger partial charge in [-0.2, -0.15) is 0 Å². The fraction of sp³-hybridized carbons (Fsp3) is 0.375. The molecule has 0 unspecified atom stereocenters. The molecule has 1 heterocycles. The van der Waals surface area contributed by atoms with Crippen LogP contribution in [0.25, 0.3) is 0 Å². The summed E-state index contributed by atoms with van der Waals surface area (Å²) in [5, 5.41) is 2.74. The van der Waals surface area contributed by atoms with Crippen LogP contribution in [0.1, 0.15) is 18.9 Å². The molecule has 0 aliphatic carbocycles. The van der Waals surface area contributed by atoms with Gasteiger partial charge in [0.1, 0.15) is 17.3 Å². The molecule has 1 fully saturated rings. The average molecular weight is 442 g/mol. The van der Waals surface area contributed by atoms with Crippen LogP contribution < -0.4 is 10.1 Å². The van der Waals surface area contributed by atoms with Crippen LogP contribution in [0.3, 0.4) is 0 Å². The number of ketones is 1. The van der Waals surface area contributed by atoms with Gasteiger partial charge in [0.25, 0.3) is 5.91 Å². The predicted molar refractivity (Wildman–Crippen MR) is 119 cm³/mol. The molecule has 0 aromatic heterocycles. The summed E-state index contributed by atoms with van der Waals surface area (Å²) in [5.74, 6) is 0.146. The number of rotatable bonds is 9. The summed E-state index contributed by atoms with van der Waals surface area (Å²) in [4.78, 5) is 39.4. The van der Waals surface area contributed by atoms with E-state index in [0.29, 0.717) is 50.5 Å². The van der Waals surface area contributed by atoms with Crippen LogP contribution in [0.5, 0.6) is 5.75 Å². The number of amides is 2. The minimum atomic E-state index is -0.352. The van der Waals surface area contributed by atoms with Crippen LogP contribution >= 0.6 is 0 Å². The molecule has 0 saturated carbocycles. The minimum absolute atomic E-state index is 0.0438. The Hall–Kier alpha value is -3.26. The molecule has 7 nitrogen and oxygen atoms in total. The number of carbonyl (C=O) groups is 3. The Bertz CT molecular complexity index is 923. The second-order valence-electron chi connectivity index (χ2n) is 7.85. The lowest BCUT2D eigenvalue weighted by Gasteiger charge is -2.34. The summed E-state index contributed by atoms with van der Waals surface area (Å²) in [6, 6.07) is 13.0. The molecule has 8 heteroatoms. The van der Waals surface area contributed by atoms with Crippen molar-refractivity contribution in [2.45, 2.75) is 19.8 Å². The zero-order valence-corrected chi connectivity index (χ0v) is 18.2. The minimum Gasteiger partial charge on any atom is -0.484 e. The molecule has 2 aromatic rings. The third kappa shape index (κ3) is 7.46. The first-order valence-electron chi connectivity index (χ1n) is 10.7. The van der Waals surface area contributed by atoms with Gasteiger partial charge in [-0.25, -0.2) is 4.39 Å². The van der Waals surface area contributed by atoms with Crippen molar-refractivity contribution in [1.82, 2.24) is 9.80 Å². The normalized spacial score (nSPS) is 14.1. The summed E-state index contributed by atoms with van der Waals surface area (Å²) in [5.41, 5.74) is 1.60. The van der Waals surface area contributed by atoms with Crippen molar-refractivity contribution in [1.29, 1.82) is 0 Å². The predicted octanol–water partition coefficient (Wildman–Crippen LogP) is 2.51. The van der Waals surface area contributed by atoms with Gasteiger partial charge in [-0.15, -0.1) is 0 Å². The molecule has 0 radical (unpaired) electrons. The molecular formula is C24H28FN3O4. The smallest absolute Gasteiger partial charge is 0.260 e. The lowest BCUT2D eigenvalue weighted by atomic mass is 10.1. The van der Waals surface area contributed by atoms with Crippen molar-refractivity contribution in [2.24, 2.45) is 0 Å². The maximum Gasteiger partial charge on any atom is 0.260 e. The van der Waals surface area contributed by atoms with Crippen LogP contribution in [-0.4, -0.2) is 66.7 Å². The maximum absolute atomic E-state index is 12.9. The number of nitrogens with zero attached hydrogens (tertiary/aromatic N) is 2. The Morgan fingerprint density at radius 2 is 1.62 bits per heavy atom. The quantitative estimate of drug-likeness (QED) is 0.647. The lowest BCUT2D eigenvalue weighted by molar-refractivity contribution is -0.135. The molecule has 1 aliphatic rings. The molecule has 0 atom stereocenters. The Morgan fingerprint density at radius 3 is 2.25 bits per heavy atom. The second-order valence-corrected chi connectivity index (χ2v) is 7.85. The molecular weight excluding hydrogens is 413 g/mol. The molecule has 170 valence electrons. The number of anilines is 1. The van der Waals surface area contributed by atoms with Crippen molar-refractivity contribution in [3.63, 3.8) is 0 Å². The summed E-state index contributed by atoms with van der Waals surface area (Å²) >= 11 is 0. The SMILES string of the molecule is CC(=O)CCc1ccc(OCC(=O)N2CCN(CC(=O)Nc3ccc(F)cc3)CC2)cc1. The van der Waals surface area contributed by atoms with E-state index < -0.39 is 0 Å². The fourth-order valence-corrected chi connectivity index (χ4v) is 3.40. The first-order chi connectivity index (χ1) is 15.4. The number of aryl methyl sites for hydroxylation is 1. The van der Waals surface area contributed by atoms with Crippen LogP contribution in [0.4, 0.5) is 10.1 Å². The van der Waals surface area contributed by atoms with Crippen LogP contribution in [-0.2, 0) is 20.8 Å². The van der Waals surface area contributed by atoms with E-state index in [-0.39, 0.29) is 36.6 Å². The number of hydrogen-bond acceptors (Lipinski definition) is 5. The van der Waals surface area contributed by atoms with Crippen LogP contribution in [0, 0.1) is 5.82 Å². The van der Waals surface area contributed by atoms with Gasteiger partial charge >= 0.3 is 0 Å². The number of Topliss-reactive ketones (excluding diaryl/α,β-unsaturated/α-hetero) is 1. The number of nitrogens with one attached hydrogen (secondary N) is 1. The zero-order chi connectivity index (χ0) is 22.9. The van der Waals surface area contributed by atoms with E-state index in [0.717, 1.165) is 5.56 Å². The Balaban J connectivity index is 1.36. The summed E-state index contributed by atoms with van der Waals surface area (Å²) < 4.78 is 18.6. The molecule has 0 spiro atoms. The Kier molecular flexibility index (Phi) is 8.33. The second kappa shape index (κ2) is 11.4. The molecule has 0 bridgehead atoms. The van der Waals surface area contributed by atoms with Crippen molar-refractivity contribution < 1.29 is 23.5 Å². The van der Waals surface area contributed by atoms with Crippen molar-refractivity contribution in [3.8, 4) is 5.75 Å². The van der Waals surface area contributed by atoms with Gasteiger partial charge in [0, 0.05) is 38.3 Å². The number of hydrogen-bond donors (Lipinski definition) is 1. The van der Waals surface area contributed by atoms with Gasteiger partial charge in [0.05, 0.1) is 6.54 Å². The fourth-order valence-electron chi connectivity index (χ4n) is 3.40. The molecule has 2 aromatic carbocycles. The summed E-state index contributed by atoms with van der Waals surface area (Å²) in [7, 11) is 0. The number of halogens is 1. The highest BCUT2D eigenvalue weighted by Crippen LogP contribution is 2.14. The highest BCUT2D eigenvalue weighted by Gasteiger charge is 2.22. The Morgan fingerprint density at radius 1 is 0.969 bits per heavy atom. The van der Waals surface area contributed by atoms with Gasteiger partial charge in [0.15, 0.2) is 6.61 Å². The number of benzene rings is 2. The largest absolute Gasteiger partial charge is 0.484 e. The third-order valence-corrected chi connectivity index (χ3v) is 5.27. The molecule has 1 aliphatic heterocycles. The van der Waals surface area contributed by atoms with E-state index in [4.69, 9.17) is 4.74 Å². The number of ether oxygens (including phenoxy) is 1. The number of piperazine rings is 1. The first kappa shape index (κ1) is 23.4. The molecule has 3 rings (SSSR count). The van der Waals surface area contributed by atoms with Gasteiger partial charge in [-0.05, 0) is 55.3 Å². The van der Waals surface area contributed by atoms with Gasteiger partial charge < -0.3 is 19.7 Å². The van der Waals surface area contributed by atoms with Gasteiger partial charge in [-0.3, -0.25) is 14.5 Å². The zero-order valence-electron chi connectivity index (χ0n) is 18.2. The monoisotopic (exact) mass is 441 g/mol. The lowest BCUT2D eigenvalue weighted by Crippen LogP contribution is -2.51. The van der Waals surface area contributed by atoms with E-state index in [1.165, 1.54) is 24.3 Å². The topological polar surface area (TPSA) is 79.0 Å². The molecule has 32 heavy (non-hydrogen) atoms. The summed E-state index contributed by atoms with van der Waals surface area (Å²) in [6.45, 7) is 3.97. The van der Waals surface area contributed by atoms with Crippen molar-refractivity contribution in [3.05, 3.63) is 59.9 Å². The molecule has 1 saturated heterocycles. The van der Waals surface area contributed by atoms with Crippen LogP contribution in [0.15, 0.2) is 48.5 Å². The van der Waals surface area contributed by atoms with E-state index in [1.807, 2.05) is 17.0 Å². The van der Waals surface area contributed by atoms with E-state index >= 15 is 0 Å². The number of carbonyl (C=O) groups excluding carboxylic acids is 3. The third-order valence-electron chi connectivity index (χ3n) is 5.27. The van der Waals surface area contributed by atoms with Crippen LogP contribution in [0.2, 0.25) is 0 Å². The molecule has 2 amide bonds. The van der Waals surface area contributed by atoms with Crippen molar-refractivity contribution in [2.75, 3.05) is 44.6 Å². The van der Waals surface area contributed by atoms with E-state index in [9.17, 15) is 18.8 Å². The maximum atomic E-state index is 12.9. The highest BCUT2D eigenvalue weighted by molar-refractivity contribution is 5.92. The first-order valence-corrected chi connectivity index (χ1v) is 10.7. The standard InChI is InChI=1S/C24H28FN3O4/c1-18(29)2-3-19-4-10-22(11-5-19)32-17-24(31)28-14-12-27(13-15-28)16-23(30)26-21-8-6-20(25)7-9-21/h4-11H,2-3,12-17H2,1H3,(H,26,30). The van der Waals surface area contributed by atoms with Gasteiger partial charge in [0.2, 0.25) is 5.91 Å². The molecule has 1 N–H and O–H groups in total. The average Bonchev–Trinajstić information content (AvgIpc) is 2.78. The van der Waals surface area contributed by atoms with E-state index in [2.05, 4.69) is 5.32 Å². The van der Waals surface area contributed by atoms with Gasteiger partial charge in [-0.1, -0.05) is 12.1 Å². The highest BCUT2D eigenvalue weighted by atomic mass is 19.1. The summed E-state index contributed by atoms with van der Waals surface area (Å²) in [6.07, 6.45) is 1.21.